The molecule has 0 aliphatic carbocycles. The molecule has 0 unspecified atom stereocenters. The zero-order valence-corrected chi connectivity index (χ0v) is 13.8. The van der Waals surface area contributed by atoms with E-state index in [0.717, 1.165) is 0 Å². The van der Waals surface area contributed by atoms with E-state index in [0.29, 0.717) is 27.9 Å². The molecule has 3 amide bonds. The van der Waals surface area contributed by atoms with Crippen molar-refractivity contribution in [2.75, 3.05) is 24.9 Å². The van der Waals surface area contributed by atoms with E-state index >= 15 is 0 Å². The number of rotatable bonds is 5. The van der Waals surface area contributed by atoms with Crippen molar-refractivity contribution in [3.63, 3.8) is 0 Å². The van der Waals surface area contributed by atoms with Crippen molar-refractivity contribution in [2.24, 2.45) is 5.73 Å². The minimum Gasteiger partial charge on any atom is -0.495 e. The van der Waals surface area contributed by atoms with E-state index in [2.05, 4.69) is 10.6 Å². The summed E-state index contributed by atoms with van der Waals surface area (Å²) in [5.41, 5.74) is 6.12. The number of carbonyl (C=O) groups excluding carboxylic acids is 2. The van der Waals surface area contributed by atoms with Crippen LogP contribution in [0, 0.1) is 0 Å². The van der Waals surface area contributed by atoms with Crippen molar-refractivity contribution in [2.45, 2.75) is 0 Å². The van der Waals surface area contributed by atoms with Crippen LogP contribution in [0.5, 0.6) is 11.5 Å². The largest absolute Gasteiger partial charge is 0.495 e. The first kappa shape index (κ1) is 17.4. The monoisotopic (exact) mass is 349 g/mol. The molecule has 0 saturated carbocycles. The Morgan fingerprint density at radius 3 is 2.25 bits per heavy atom. The molecule has 0 heterocycles. The Labute approximate surface area is 143 Å². The van der Waals surface area contributed by atoms with Gasteiger partial charge >= 0.3 is 6.03 Å². The summed E-state index contributed by atoms with van der Waals surface area (Å²) in [6.07, 6.45) is 0. The molecule has 126 valence electrons. The van der Waals surface area contributed by atoms with E-state index in [1.807, 2.05) is 0 Å². The Kier molecular flexibility index (Phi) is 5.49. The first-order valence-corrected chi connectivity index (χ1v) is 7.22. The molecule has 2 rings (SSSR count). The third-order valence-electron chi connectivity index (χ3n) is 3.16. The van der Waals surface area contributed by atoms with Crippen LogP contribution in [0.3, 0.4) is 0 Å². The number of primary amides is 1. The second kappa shape index (κ2) is 7.56. The number of ether oxygens (including phenoxy) is 2. The SMILES string of the molecule is COc1cc(OC)c(NC(=O)Nc2ccccc2C(N)=O)cc1Cl. The summed E-state index contributed by atoms with van der Waals surface area (Å²) in [7, 11) is 2.93. The molecule has 8 heteroatoms. The highest BCUT2D eigenvalue weighted by molar-refractivity contribution is 6.32. The van der Waals surface area contributed by atoms with Gasteiger partial charge in [-0.15, -0.1) is 0 Å². The second-order valence-electron chi connectivity index (χ2n) is 4.68. The summed E-state index contributed by atoms with van der Waals surface area (Å²) in [5, 5.41) is 5.47. The molecule has 4 N–H and O–H groups in total. The number of hydrogen-bond acceptors (Lipinski definition) is 4. The van der Waals surface area contributed by atoms with Gasteiger partial charge in [-0.25, -0.2) is 4.79 Å². The fourth-order valence-corrected chi connectivity index (χ4v) is 2.28. The third kappa shape index (κ3) is 3.88. The number of carbonyl (C=O) groups is 2. The van der Waals surface area contributed by atoms with Crippen molar-refractivity contribution in [3.8, 4) is 11.5 Å². The van der Waals surface area contributed by atoms with Gasteiger partial charge in [0.1, 0.15) is 11.5 Å². The van der Waals surface area contributed by atoms with Gasteiger partial charge < -0.3 is 25.8 Å². The van der Waals surface area contributed by atoms with Crippen molar-refractivity contribution >= 4 is 34.9 Å². The zero-order chi connectivity index (χ0) is 17.7. The van der Waals surface area contributed by atoms with Gasteiger partial charge in [0.15, 0.2) is 0 Å². The Morgan fingerprint density at radius 1 is 1.00 bits per heavy atom. The lowest BCUT2D eigenvalue weighted by molar-refractivity contribution is 0.100. The van der Waals surface area contributed by atoms with Crippen LogP contribution in [0.2, 0.25) is 5.02 Å². The number of anilines is 2. The highest BCUT2D eigenvalue weighted by Crippen LogP contribution is 2.35. The number of halogens is 1. The molecule has 0 atom stereocenters. The van der Waals surface area contributed by atoms with Crippen LogP contribution in [0.15, 0.2) is 36.4 Å². The van der Waals surface area contributed by atoms with Crippen LogP contribution in [-0.4, -0.2) is 26.2 Å². The fourth-order valence-electron chi connectivity index (χ4n) is 2.04. The summed E-state index contributed by atoms with van der Waals surface area (Å²) in [6.45, 7) is 0. The molecule has 2 aromatic carbocycles. The summed E-state index contributed by atoms with van der Waals surface area (Å²) >= 11 is 6.06. The Balaban J connectivity index is 2.22. The van der Waals surface area contributed by atoms with Gasteiger partial charge in [0.25, 0.3) is 5.91 Å². The molecule has 0 radical (unpaired) electrons. The summed E-state index contributed by atoms with van der Waals surface area (Å²) in [6, 6.07) is 8.88. The lowest BCUT2D eigenvalue weighted by atomic mass is 10.1. The van der Waals surface area contributed by atoms with Crippen molar-refractivity contribution in [3.05, 3.63) is 47.0 Å². The highest BCUT2D eigenvalue weighted by atomic mass is 35.5. The van der Waals surface area contributed by atoms with E-state index in [4.69, 9.17) is 26.8 Å². The number of amides is 3. The molecule has 0 saturated heterocycles. The molecule has 7 nitrogen and oxygen atoms in total. The lowest BCUT2D eigenvalue weighted by Crippen LogP contribution is -2.22. The lowest BCUT2D eigenvalue weighted by Gasteiger charge is -2.14. The van der Waals surface area contributed by atoms with Gasteiger partial charge in [-0.2, -0.15) is 0 Å². The molecule has 24 heavy (non-hydrogen) atoms. The predicted octanol–water partition coefficient (Wildman–Crippen LogP) is 3.10. The van der Waals surface area contributed by atoms with E-state index in [9.17, 15) is 9.59 Å². The van der Waals surface area contributed by atoms with Crippen LogP contribution < -0.4 is 25.8 Å². The van der Waals surface area contributed by atoms with Crippen LogP contribution >= 0.6 is 11.6 Å². The summed E-state index contributed by atoms with van der Waals surface area (Å²) < 4.78 is 10.3. The van der Waals surface area contributed by atoms with Gasteiger partial charge in [-0.05, 0) is 18.2 Å². The van der Waals surface area contributed by atoms with Gasteiger partial charge in [0.05, 0.1) is 36.2 Å². The summed E-state index contributed by atoms with van der Waals surface area (Å²) in [4.78, 5) is 23.6. The van der Waals surface area contributed by atoms with Crippen LogP contribution in [0.4, 0.5) is 16.2 Å². The Hall–Kier alpha value is -2.93. The molecule has 0 aliphatic rings. The maximum atomic E-state index is 12.2. The van der Waals surface area contributed by atoms with Crippen molar-refractivity contribution < 1.29 is 19.1 Å². The minimum atomic E-state index is -0.643. The molecular formula is C16H16ClN3O4. The van der Waals surface area contributed by atoms with E-state index in [-0.39, 0.29) is 5.56 Å². The minimum absolute atomic E-state index is 0.201. The van der Waals surface area contributed by atoms with Gasteiger partial charge in [0.2, 0.25) is 0 Å². The number of urea groups is 1. The van der Waals surface area contributed by atoms with Crippen molar-refractivity contribution in [1.82, 2.24) is 0 Å². The number of nitrogens with one attached hydrogen (secondary N) is 2. The number of para-hydroxylation sites is 1. The van der Waals surface area contributed by atoms with E-state index < -0.39 is 11.9 Å². The molecule has 0 spiro atoms. The average Bonchev–Trinajstić information content (AvgIpc) is 2.55. The molecule has 2 aromatic rings. The smallest absolute Gasteiger partial charge is 0.323 e. The molecular weight excluding hydrogens is 334 g/mol. The highest BCUT2D eigenvalue weighted by Gasteiger charge is 2.14. The zero-order valence-electron chi connectivity index (χ0n) is 13.1. The van der Waals surface area contributed by atoms with Crippen LogP contribution in [0.1, 0.15) is 10.4 Å². The number of methoxy groups -OCH3 is 2. The van der Waals surface area contributed by atoms with Gasteiger partial charge in [-0.3, -0.25) is 4.79 Å². The maximum absolute atomic E-state index is 12.2. The normalized spacial score (nSPS) is 9.96. The topological polar surface area (TPSA) is 103 Å². The first-order valence-electron chi connectivity index (χ1n) is 6.84. The molecule has 0 bridgehead atoms. The van der Waals surface area contributed by atoms with E-state index in [1.165, 1.54) is 26.4 Å². The van der Waals surface area contributed by atoms with Gasteiger partial charge in [0, 0.05) is 6.07 Å². The standard InChI is InChI=1S/C16H16ClN3O4/c1-23-13-8-14(24-2)12(7-10(13)17)20-16(22)19-11-6-4-3-5-9(11)15(18)21/h3-8H,1-2H3,(H2,18,21)(H2,19,20,22). The molecule has 0 fully saturated rings. The first-order chi connectivity index (χ1) is 11.5. The number of hydrogen-bond donors (Lipinski definition) is 3. The molecule has 0 aliphatic heterocycles. The van der Waals surface area contributed by atoms with Crippen molar-refractivity contribution in [1.29, 1.82) is 0 Å². The van der Waals surface area contributed by atoms with Crippen LogP contribution in [0.25, 0.3) is 0 Å². The number of benzene rings is 2. The Morgan fingerprint density at radius 2 is 1.62 bits per heavy atom. The van der Waals surface area contributed by atoms with E-state index in [1.54, 1.807) is 24.3 Å². The summed E-state index contributed by atoms with van der Waals surface area (Å²) in [5.74, 6) is 0.143. The fraction of sp³-hybridized carbons (Fsp3) is 0.125. The quantitative estimate of drug-likeness (QED) is 0.771. The Bertz CT molecular complexity index is 780. The number of nitrogens with two attached hydrogens (primary N) is 1. The third-order valence-corrected chi connectivity index (χ3v) is 3.46. The molecule has 0 aromatic heterocycles. The average molecular weight is 350 g/mol. The predicted molar refractivity (Wildman–Crippen MR) is 92.2 cm³/mol. The second-order valence-corrected chi connectivity index (χ2v) is 5.08. The maximum Gasteiger partial charge on any atom is 0.323 e. The van der Waals surface area contributed by atoms with Crippen LogP contribution in [-0.2, 0) is 0 Å². The van der Waals surface area contributed by atoms with Gasteiger partial charge in [-0.1, -0.05) is 23.7 Å².